The molecule has 1 fully saturated rings. The molecule has 0 spiro atoms. The summed E-state index contributed by atoms with van der Waals surface area (Å²) in [6, 6.07) is 7.89. The maximum Gasteiger partial charge on any atom is 0.0404 e. The van der Waals surface area contributed by atoms with Crippen LogP contribution in [0.15, 0.2) is 18.2 Å². The summed E-state index contributed by atoms with van der Waals surface area (Å²) < 4.78 is 0. The Hall–Kier alpha value is -1.02. The van der Waals surface area contributed by atoms with Gasteiger partial charge in [-0.25, -0.2) is 0 Å². The van der Waals surface area contributed by atoms with Crippen LogP contribution in [-0.4, -0.2) is 30.6 Å². The Bertz CT molecular complexity index is 427. The van der Waals surface area contributed by atoms with Crippen molar-refractivity contribution < 1.29 is 0 Å². The highest BCUT2D eigenvalue weighted by atomic mass is 15.2. The molecular weight excluding hydrogens is 232 g/mol. The second-order valence-corrected chi connectivity index (χ2v) is 6.22. The minimum atomic E-state index is 0.595. The zero-order valence-corrected chi connectivity index (χ0v) is 13.0. The van der Waals surface area contributed by atoms with Crippen LogP contribution in [0.25, 0.3) is 0 Å². The van der Waals surface area contributed by atoms with Gasteiger partial charge in [-0.1, -0.05) is 32.0 Å². The van der Waals surface area contributed by atoms with Gasteiger partial charge in [0, 0.05) is 24.3 Å². The van der Waals surface area contributed by atoms with Crippen molar-refractivity contribution in [2.75, 3.05) is 18.9 Å². The first-order chi connectivity index (χ1) is 9.02. The Morgan fingerprint density at radius 2 is 2.05 bits per heavy atom. The van der Waals surface area contributed by atoms with Crippen LogP contribution >= 0.6 is 0 Å². The third-order valence-corrected chi connectivity index (χ3v) is 4.68. The van der Waals surface area contributed by atoms with Crippen molar-refractivity contribution >= 4 is 5.69 Å². The summed E-state index contributed by atoms with van der Waals surface area (Å²) in [6.07, 6.45) is 2.33. The smallest absolute Gasteiger partial charge is 0.0404 e. The molecular formula is C17H28N2. The molecule has 2 heteroatoms. The van der Waals surface area contributed by atoms with Gasteiger partial charge in [0.05, 0.1) is 0 Å². The number of anilines is 1. The number of nitrogens with one attached hydrogen (secondary N) is 1. The molecule has 0 amide bonds. The first kappa shape index (κ1) is 14.4. The van der Waals surface area contributed by atoms with Gasteiger partial charge in [0.2, 0.25) is 0 Å². The number of para-hydroxylation sites is 1. The van der Waals surface area contributed by atoms with Gasteiger partial charge in [-0.2, -0.15) is 0 Å². The van der Waals surface area contributed by atoms with Crippen LogP contribution < -0.4 is 5.32 Å². The third kappa shape index (κ3) is 3.11. The van der Waals surface area contributed by atoms with Gasteiger partial charge >= 0.3 is 0 Å². The molecule has 0 bridgehead atoms. The molecule has 106 valence electrons. The molecule has 1 aliphatic heterocycles. The maximum absolute atomic E-state index is 3.84. The summed E-state index contributed by atoms with van der Waals surface area (Å²) in [6.45, 7) is 10.3. The molecule has 0 aliphatic carbocycles. The molecule has 2 nitrogen and oxygen atoms in total. The maximum atomic E-state index is 3.84. The van der Waals surface area contributed by atoms with E-state index >= 15 is 0 Å². The molecule has 1 heterocycles. The Morgan fingerprint density at radius 3 is 2.74 bits per heavy atom. The topological polar surface area (TPSA) is 15.3 Å². The van der Waals surface area contributed by atoms with Crippen molar-refractivity contribution in [1.29, 1.82) is 0 Å². The quantitative estimate of drug-likeness (QED) is 0.891. The van der Waals surface area contributed by atoms with Crippen LogP contribution in [0.4, 0.5) is 5.69 Å². The summed E-state index contributed by atoms with van der Waals surface area (Å²) in [7, 11) is 2.24. The largest absolute Gasteiger partial charge is 0.381 e. The van der Waals surface area contributed by atoms with E-state index in [2.05, 4.69) is 63.2 Å². The predicted molar refractivity (Wildman–Crippen MR) is 83.8 cm³/mol. The Labute approximate surface area is 118 Å². The zero-order chi connectivity index (χ0) is 14.0. The molecule has 2 rings (SSSR count). The normalized spacial score (nSPS) is 28.4. The average Bonchev–Trinajstić information content (AvgIpc) is 2.38. The van der Waals surface area contributed by atoms with Gasteiger partial charge in [0.25, 0.3) is 0 Å². The first-order valence-corrected chi connectivity index (χ1v) is 7.58. The summed E-state index contributed by atoms with van der Waals surface area (Å²) in [5, 5.41) is 3.84. The number of hydrogen-bond donors (Lipinski definition) is 1. The lowest BCUT2D eigenvalue weighted by atomic mass is 9.89. The molecule has 3 unspecified atom stereocenters. The van der Waals surface area contributed by atoms with Crippen LogP contribution in [-0.2, 0) is 6.42 Å². The lowest BCUT2D eigenvalue weighted by Gasteiger charge is -2.40. The van der Waals surface area contributed by atoms with Gasteiger partial charge < -0.3 is 10.2 Å². The van der Waals surface area contributed by atoms with Gasteiger partial charge in [-0.15, -0.1) is 0 Å². The van der Waals surface area contributed by atoms with Crippen LogP contribution in [0, 0.1) is 12.8 Å². The molecule has 0 saturated carbocycles. The molecule has 1 N–H and O–H groups in total. The predicted octanol–water partition coefficient (Wildman–Crippen LogP) is 3.70. The van der Waals surface area contributed by atoms with E-state index in [-0.39, 0.29) is 0 Å². The van der Waals surface area contributed by atoms with Crippen molar-refractivity contribution in [2.24, 2.45) is 5.92 Å². The fourth-order valence-corrected chi connectivity index (χ4v) is 3.16. The Morgan fingerprint density at radius 1 is 1.32 bits per heavy atom. The van der Waals surface area contributed by atoms with E-state index in [4.69, 9.17) is 0 Å². The Balaban J connectivity index is 2.17. The van der Waals surface area contributed by atoms with Crippen molar-refractivity contribution in [1.82, 2.24) is 4.90 Å². The van der Waals surface area contributed by atoms with Crippen LogP contribution in [0.1, 0.15) is 38.3 Å². The van der Waals surface area contributed by atoms with Crippen molar-refractivity contribution in [3.8, 4) is 0 Å². The molecule has 3 atom stereocenters. The number of piperidine rings is 1. The van der Waals surface area contributed by atoms with E-state index in [1.165, 1.54) is 29.8 Å². The number of rotatable bonds is 3. The average molecular weight is 260 g/mol. The number of benzene rings is 1. The van der Waals surface area contributed by atoms with Crippen LogP contribution in [0.5, 0.6) is 0 Å². The summed E-state index contributed by atoms with van der Waals surface area (Å²) >= 11 is 0. The highest BCUT2D eigenvalue weighted by Gasteiger charge is 2.29. The molecule has 19 heavy (non-hydrogen) atoms. The number of aryl methyl sites for hydroxylation is 2. The standard InChI is InChI=1S/C17H28N2/c1-6-15-9-7-8-12(2)17(15)18-16-10-14(4)19(5)11-13(16)3/h7-9,13-14,16,18H,6,10-11H2,1-5H3. The molecule has 1 aliphatic rings. The van der Waals surface area contributed by atoms with Crippen LogP contribution in [0.2, 0.25) is 0 Å². The van der Waals surface area contributed by atoms with Gasteiger partial charge in [0.1, 0.15) is 0 Å². The lowest BCUT2D eigenvalue weighted by Crippen LogP contribution is -2.48. The lowest BCUT2D eigenvalue weighted by molar-refractivity contribution is 0.145. The number of likely N-dealkylation sites (tertiary alicyclic amines) is 1. The fraction of sp³-hybridized carbons (Fsp3) is 0.647. The molecule has 1 saturated heterocycles. The van der Waals surface area contributed by atoms with E-state index in [1.54, 1.807) is 0 Å². The second-order valence-electron chi connectivity index (χ2n) is 6.22. The van der Waals surface area contributed by atoms with Gasteiger partial charge in [-0.05, 0) is 50.8 Å². The molecule has 1 aromatic rings. The molecule has 1 aromatic carbocycles. The zero-order valence-electron chi connectivity index (χ0n) is 13.0. The fourth-order valence-electron chi connectivity index (χ4n) is 3.16. The van der Waals surface area contributed by atoms with E-state index in [1.807, 2.05) is 0 Å². The van der Waals surface area contributed by atoms with Crippen molar-refractivity contribution in [3.05, 3.63) is 29.3 Å². The highest BCUT2D eigenvalue weighted by molar-refractivity contribution is 5.58. The first-order valence-electron chi connectivity index (χ1n) is 7.58. The molecule has 0 radical (unpaired) electrons. The molecule has 0 aromatic heterocycles. The minimum Gasteiger partial charge on any atom is -0.381 e. The van der Waals surface area contributed by atoms with E-state index < -0.39 is 0 Å². The summed E-state index contributed by atoms with van der Waals surface area (Å²) in [5.41, 5.74) is 4.19. The number of nitrogens with zero attached hydrogens (tertiary/aromatic N) is 1. The van der Waals surface area contributed by atoms with Gasteiger partial charge in [0.15, 0.2) is 0 Å². The Kier molecular flexibility index (Phi) is 4.51. The summed E-state index contributed by atoms with van der Waals surface area (Å²) in [4.78, 5) is 2.47. The van der Waals surface area contributed by atoms with Crippen molar-refractivity contribution in [2.45, 2.75) is 52.6 Å². The van der Waals surface area contributed by atoms with E-state index in [9.17, 15) is 0 Å². The van der Waals surface area contributed by atoms with Crippen LogP contribution in [0.3, 0.4) is 0 Å². The van der Waals surface area contributed by atoms with E-state index in [0.29, 0.717) is 18.0 Å². The monoisotopic (exact) mass is 260 g/mol. The highest BCUT2D eigenvalue weighted by Crippen LogP contribution is 2.28. The minimum absolute atomic E-state index is 0.595. The number of hydrogen-bond acceptors (Lipinski definition) is 2. The van der Waals surface area contributed by atoms with Gasteiger partial charge in [-0.3, -0.25) is 0 Å². The van der Waals surface area contributed by atoms with Crippen molar-refractivity contribution in [3.63, 3.8) is 0 Å². The van der Waals surface area contributed by atoms with E-state index in [0.717, 1.165) is 6.42 Å². The third-order valence-electron chi connectivity index (χ3n) is 4.68. The summed E-state index contributed by atoms with van der Waals surface area (Å²) in [5.74, 6) is 0.700. The SMILES string of the molecule is CCc1cccc(C)c1NC1CC(C)N(C)CC1C. The second kappa shape index (κ2) is 5.96.